The zero-order valence-corrected chi connectivity index (χ0v) is 24.8. The Morgan fingerprint density at radius 3 is 2.20 bits per heavy atom. The smallest absolute Gasteiger partial charge is 0.394 e. The fourth-order valence-corrected chi connectivity index (χ4v) is 9.62. The van der Waals surface area contributed by atoms with E-state index < -0.39 is 79.1 Å². The lowest BCUT2D eigenvalue weighted by Crippen LogP contribution is -2.60. The van der Waals surface area contributed by atoms with Gasteiger partial charge in [-0.1, -0.05) is 25.5 Å². The first kappa shape index (κ1) is 34.3. The van der Waals surface area contributed by atoms with E-state index in [0.29, 0.717) is 38.5 Å². The molecular weight excluding hydrogens is 602 g/mol. The summed E-state index contributed by atoms with van der Waals surface area (Å²) in [5.74, 6) is -0.479. The largest absolute Gasteiger partial charge is 0.426 e. The Morgan fingerprint density at radius 2 is 1.59 bits per heavy atom. The highest BCUT2D eigenvalue weighted by atomic mass is 19.4. The average Bonchev–Trinajstić information content (AvgIpc) is 3.29. The SMILES string of the molecule is C[C@]12CC[C@H]3[C@@H](CC=C4C[C@@H](O[C@@H]5O[C@H](CO)[C@@H](O)[C@H](O)[C@H]5O)CC[C@@]43C)[C@@H]1CC[C@@H]2[C@H](O)CC(O)(C(F)(F)F)C(F)(F)F. The molecule has 0 radical (unpaired) electrons. The molecule has 4 fully saturated rings. The lowest BCUT2D eigenvalue weighted by Gasteiger charge is -2.58. The first-order chi connectivity index (χ1) is 20.3. The van der Waals surface area contributed by atoms with Crippen LogP contribution in [-0.2, 0) is 9.47 Å². The summed E-state index contributed by atoms with van der Waals surface area (Å²) in [6.45, 7) is 3.48. The van der Waals surface area contributed by atoms with Gasteiger partial charge in [-0.3, -0.25) is 0 Å². The Hall–Kier alpha value is -1.00. The highest BCUT2D eigenvalue weighted by Gasteiger charge is 2.71. The fraction of sp³-hybridized carbons (Fsp3) is 0.933. The number of aliphatic hydroxyl groups is 6. The van der Waals surface area contributed by atoms with E-state index >= 15 is 0 Å². The molecule has 5 rings (SSSR count). The molecule has 1 aliphatic heterocycles. The van der Waals surface area contributed by atoms with Crippen LogP contribution in [0.3, 0.4) is 0 Å². The number of fused-ring (bicyclic) bond motifs is 5. The van der Waals surface area contributed by atoms with E-state index in [-0.39, 0.29) is 35.7 Å². The standard InChI is InChI=1S/C30H44F6O8/c1-26-9-7-15(43-25-24(41)23(40)22(39)21(13-37)44-25)11-14(26)3-4-16-17-5-6-19(27(17,2)10-8-18(16)26)20(38)12-28(42,29(31,32)33)30(34,35)36/h3,15-25,37-42H,4-13H2,1-2H3/t15-,16-,17-,18-,19+,20+,21+,22+,23-,24+,25+,26-,27-/m0/s1. The number of ether oxygens (including phenoxy) is 2. The van der Waals surface area contributed by atoms with Crippen LogP contribution in [0.1, 0.15) is 71.6 Å². The number of alkyl halides is 6. The van der Waals surface area contributed by atoms with Crippen LogP contribution in [0.5, 0.6) is 0 Å². The molecule has 5 aliphatic rings. The van der Waals surface area contributed by atoms with Crippen molar-refractivity contribution in [2.75, 3.05) is 6.61 Å². The Balaban J connectivity index is 1.28. The van der Waals surface area contributed by atoms with Gasteiger partial charge in [-0.25, -0.2) is 0 Å². The maximum absolute atomic E-state index is 13.4. The Bertz CT molecular complexity index is 1070. The third-order valence-electron chi connectivity index (χ3n) is 12.2. The van der Waals surface area contributed by atoms with Gasteiger partial charge in [0, 0.05) is 6.42 Å². The lowest BCUT2D eigenvalue weighted by atomic mass is 9.47. The molecule has 1 saturated heterocycles. The lowest BCUT2D eigenvalue weighted by molar-refractivity contribution is -0.375. The summed E-state index contributed by atoms with van der Waals surface area (Å²) < 4.78 is 91.9. The minimum Gasteiger partial charge on any atom is -0.394 e. The zero-order valence-electron chi connectivity index (χ0n) is 24.8. The summed E-state index contributed by atoms with van der Waals surface area (Å²) in [6.07, 6.45) is -16.3. The highest BCUT2D eigenvalue weighted by molar-refractivity contribution is 5.25. The van der Waals surface area contributed by atoms with E-state index in [9.17, 15) is 57.0 Å². The maximum atomic E-state index is 13.4. The van der Waals surface area contributed by atoms with Gasteiger partial charge in [0.05, 0.1) is 18.8 Å². The molecule has 0 spiro atoms. The average molecular weight is 647 g/mol. The number of aliphatic hydroxyl groups excluding tert-OH is 5. The van der Waals surface area contributed by atoms with Crippen molar-refractivity contribution in [3.63, 3.8) is 0 Å². The van der Waals surface area contributed by atoms with Crippen molar-refractivity contribution in [1.82, 2.24) is 0 Å². The van der Waals surface area contributed by atoms with E-state index in [1.54, 1.807) is 0 Å². The molecule has 0 aromatic rings. The van der Waals surface area contributed by atoms with Crippen molar-refractivity contribution >= 4 is 0 Å². The molecule has 0 bridgehead atoms. The predicted molar refractivity (Wildman–Crippen MR) is 142 cm³/mol. The first-order valence-electron chi connectivity index (χ1n) is 15.5. The second-order valence-corrected chi connectivity index (χ2v) is 14.3. The Kier molecular flexibility index (Phi) is 9.06. The zero-order chi connectivity index (χ0) is 32.6. The fourth-order valence-electron chi connectivity index (χ4n) is 9.62. The second-order valence-electron chi connectivity index (χ2n) is 14.3. The second kappa shape index (κ2) is 11.6. The molecule has 254 valence electrons. The van der Waals surface area contributed by atoms with Crippen molar-refractivity contribution in [1.29, 1.82) is 0 Å². The summed E-state index contributed by atoms with van der Waals surface area (Å²) in [7, 11) is 0. The van der Waals surface area contributed by atoms with E-state index in [4.69, 9.17) is 9.47 Å². The molecule has 0 unspecified atom stereocenters. The van der Waals surface area contributed by atoms with E-state index in [2.05, 4.69) is 13.0 Å². The quantitative estimate of drug-likeness (QED) is 0.191. The molecule has 6 N–H and O–H groups in total. The summed E-state index contributed by atoms with van der Waals surface area (Å²) in [5.41, 5.74) is -4.72. The predicted octanol–water partition coefficient (Wildman–Crippen LogP) is 3.36. The summed E-state index contributed by atoms with van der Waals surface area (Å²) >= 11 is 0. The molecule has 0 amide bonds. The van der Waals surface area contributed by atoms with Crippen LogP contribution in [0.2, 0.25) is 0 Å². The minimum atomic E-state index is -5.98. The number of rotatable bonds is 6. The monoisotopic (exact) mass is 646 g/mol. The molecule has 0 aromatic carbocycles. The normalized spacial score (nSPS) is 45.6. The molecule has 8 nitrogen and oxygen atoms in total. The van der Waals surface area contributed by atoms with Crippen LogP contribution < -0.4 is 0 Å². The first-order valence-corrected chi connectivity index (χ1v) is 15.5. The van der Waals surface area contributed by atoms with Crippen LogP contribution in [-0.4, -0.2) is 98.1 Å². The van der Waals surface area contributed by atoms with Gasteiger partial charge in [0.2, 0.25) is 0 Å². The van der Waals surface area contributed by atoms with Gasteiger partial charge < -0.3 is 40.1 Å². The van der Waals surface area contributed by atoms with Crippen LogP contribution in [0.25, 0.3) is 0 Å². The third kappa shape index (κ3) is 5.42. The van der Waals surface area contributed by atoms with Crippen LogP contribution in [0, 0.1) is 34.5 Å². The van der Waals surface area contributed by atoms with Crippen molar-refractivity contribution in [3.05, 3.63) is 11.6 Å². The molecule has 3 saturated carbocycles. The topological polar surface area (TPSA) is 140 Å². The number of hydrogen-bond donors (Lipinski definition) is 6. The van der Waals surface area contributed by atoms with Crippen molar-refractivity contribution in [2.24, 2.45) is 34.5 Å². The van der Waals surface area contributed by atoms with Gasteiger partial charge in [0.1, 0.15) is 24.4 Å². The molecule has 4 aliphatic carbocycles. The van der Waals surface area contributed by atoms with Gasteiger partial charge in [-0.2, -0.15) is 26.3 Å². The molecule has 0 aromatic heterocycles. The van der Waals surface area contributed by atoms with Crippen LogP contribution >= 0.6 is 0 Å². The number of hydrogen-bond acceptors (Lipinski definition) is 8. The van der Waals surface area contributed by atoms with Crippen LogP contribution in [0.4, 0.5) is 26.3 Å². The molecule has 1 heterocycles. The number of allylic oxidation sites excluding steroid dienone is 1. The van der Waals surface area contributed by atoms with Crippen molar-refractivity contribution in [3.8, 4) is 0 Å². The molecule has 44 heavy (non-hydrogen) atoms. The summed E-state index contributed by atoms with van der Waals surface area (Å²) in [6, 6.07) is 0. The van der Waals surface area contributed by atoms with Gasteiger partial charge in [-0.05, 0) is 85.9 Å². The summed E-state index contributed by atoms with van der Waals surface area (Å²) in [4.78, 5) is 0. The third-order valence-corrected chi connectivity index (χ3v) is 12.2. The van der Waals surface area contributed by atoms with Crippen LogP contribution in [0.15, 0.2) is 11.6 Å². The maximum Gasteiger partial charge on any atom is 0.426 e. The van der Waals surface area contributed by atoms with E-state index in [1.165, 1.54) is 0 Å². The Labute approximate surface area is 252 Å². The van der Waals surface area contributed by atoms with E-state index in [1.807, 2.05) is 6.92 Å². The van der Waals surface area contributed by atoms with E-state index in [0.717, 1.165) is 12.0 Å². The van der Waals surface area contributed by atoms with Gasteiger partial charge in [-0.15, -0.1) is 0 Å². The molecule has 13 atom stereocenters. The number of halogens is 6. The Morgan fingerprint density at radius 1 is 0.932 bits per heavy atom. The van der Waals surface area contributed by atoms with Gasteiger partial charge >= 0.3 is 12.4 Å². The minimum absolute atomic E-state index is 0.0107. The molecular formula is C30H44F6O8. The van der Waals surface area contributed by atoms with Crippen molar-refractivity contribution < 1.29 is 66.5 Å². The summed E-state index contributed by atoms with van der Waals surface area (Å²) in [5, 5.41) is 60.6. The molecule has 14 heteroatoms. The van der Waals surface area contributed by atoms with Crippen molar-refractivity contribution in [2.45, 2.75) is 133 Å². The highest BCUT2D eigenvalue weighted by Crippen LogP contribution is 2.67. The van der Waals surface area contributed by atoms with Gasteiger partial charge in [0.15, 0.2) is 6.29 Å². The van der Waals surface area contributed by atoms with Gasteiger partial charge in [0.25, 0.3) is 5.60 Å².